The molecule has 0 N–H and O–H groups in total. The van der Waals surface area contributed by atoms with Crippen molar-refractivity contribution in [3.8, 4) is 0 Å². The molecule has 0 spiro atoms. The fraction of sp³-hybridized carbons (Fsp3) is 1.00. The summed E-state index contributed by atoms with van der Waals surface area (Å²) in [5.41, 5.74) is 0. The standard InChI is InChI=1S/C8H17BF3N2.K/c1-7-4-14(6-9(10,11)12)5-8(7)13(2)3;/h7-8H,4-6H2,1-3H3;/q-1;+1. The molecular formula is C8H17BF3KN2. The summed E-state index contributed by atoms with van der Waals surface area (Å²) in [5, 5.41) is 0. The third kappa shape index (κ3) is 5.52. The molecule has 0 aromatic rings. The summed E-state index contributed by atoms with van der Waals surface area (Å²) in [6.45, 7) is -1.57. The van der Waals surface area contributed by atoms with E-state index in [1.54, 1.807) is 0 Å². The van der Waals surface area contributed by atoms with Gasteiger partial charge in [-0.1, -0.05) is 6.92 Å². The van der Waals surface area contributed by atoms with Gasteiger partial charge in [0.15, 0.2) is 0 Å². The Kier molecular flexibility index (Phi) is 6.97. The predicted molar refractivity (Wildman–Crippen MR) is 52.2 cm³/mol. The van der Waals surface area contributed by atoms with Crippen molar-refractivity contribution >= 4 is 6.98 Å². The zero-order valence-corrected chi connectivity index (χ0v) is 13.0. The summed E-state index contributed by atoms with van der Waals surface area (Å²) in [5.74, 6) is 0.322. The third-order valence-corrected chi connectivity index (χ3v) is 2.78. The first-order chi connectivity index (χ1) is 6.29. The van der Waals surface area contributed by atoms with Crippen molar-refractivity contribution in [2.45, 2.75) is 13.0 Å². The number of halogens is 3. The summed E-state index contributed by atoms with van der Waals surface area (Å²) in [6, 6.07) is 0.258. The Hall–Kier alpha value is 1.41. The van der Waals surface area contributed by atoms with Crippen LogP contribution in [0.5, 0.6) is 0 Å². The number of rotatable bonds is 3. The van der Waals surface area contributed by atoms with E-state index in [0.717, 1.165) is 0 Å². The van der Waals surface area contributed by atoms with E-state index in [1.165, 1.54) is 4.90 Å². The minimum atomic E-state index is -4.67. The summed E-state index contributed by atoms with van der Waals surface area (Å²) in [6.07, 6.45) is -0.714. The van der Waals surface area contributed by atoms with Gasteiger partial charge in [-0.15, -0.1) is 0 Å². The van der Waals surface area contributed by atoms with E-state index in [4.69, 9.17) is 0 Å². The van der Waals surface area contributed by atoms with Crippen molar-refractivity contribution in [2.75, 3.05) is 33.6 Å². The molecule has 1 aliphatic rings. The Balaban J connectivity index is 0.00000196. The molecule has 0 amide bonds. The molecule has 1 fully saturated rings. The normalized spacial score (nSPS) is 28.2. The van der Waals surface area contributed by atoms with Gasteiger partial charge in [0, 0.05) is 12.6 Å². The van der Waals surface area contributed by atoms with Crippen molar-refractivity contribution < 1.29 is 64.3 Å². The third-order valence-electron chi connectivity index (χ3n) is 2.78. The first kappa shape index (κ1) is 16.4. The van der Waals surface area contributed by atoms with Gasteiger partial charge in [-0.25, -0.2) is 0 Å². The van der Waals surface area contributed by atoms with E-state index in [1.807, 2.05) is 25.9 Å². The van der Waals surface area contributed by atoms with Crippen molar-refractivity contribution in [2.24, 2.45) is 5.92 Å². The van der Waals surface area contributed by atoms with Crippen molar-refractivity contribution in [1.82, 2.24) is 9.80 Å². The molecule has 0 radical (unpaired) electrons. The maximum atomic E-state index is 12.2. The Morgan fingerprint density at radius 1 is 1.27 bits per heavy atom. The monoisotopic (exact) mass is 248 g/mol. The van der Waals surface area contributed by atoms with E-state index in [9.17, 15) is 12.9 Å². The molecule has 7 heteroatoms. The summed E-state index contributed by atoms with van der Waals surface area (Å²) < 4.78 is 36.5. The van der Waals surface area contributed by atoms with Gasteiger partial charge in [0.1, 0.15) is 0 Å². The van der Waals surface area contributed by atoms with Crippen LogP contribution in [0.25, 0.3) is 0 Å². The predicted octanol–water partition coefficient (Wildman–Crippen LogP) is -1.74. The molecule has 2 unspecified atom stereocenters. The van der Waals surface area contributed by atoms with Crippen LogP contribution in [0.2, 0.25) is 0 Å². The molecule has 0 bridgehead atoms. The minimum absolute atomic E-state index is 0. The first-order valence-electron chi connectivity index (χ1n) is 4.89. The molecular weight excluding hydrogens is 231 g/mol. The van der Waals surface area contributed by atoms with Gasteiger partial charge in [-0.2, -0.15) is 0 Å². The van der Waals surface area contributed by atoms with Crippen LogP contribution in [0.4, 0.5) is 12.9 Å². The van der Waals surface area contributed by atoms with Crippen molar-refractivity contribution in [1.29, 1.82) is 0 Å². The molecule has 84 valence electrons. The van der Waals surface area contributed by atoms with E-state index >= 15 is 0 Å². The maximum Gasteiger partial charge on any atom is 1.00 e. The van der Waals surface area contributed by atoms with Gasteiger partial charge in [-0.05, 0) is 33.0 Å². The Bertz CT molecular complexity index is 201. The first-order valence-corrected chi connectivity index (χ1v) is 4.89. The second-order valence-corrected chi connectivity index (χ2v) is 4.44. The molecule has 1 rings (SSSR count). The summed E-state index contributed by atoms with van der Waals surface area (Å²) >= 11 is 0. The minimum Gasteiger partial charge on any atom is -0.448 e. The molecule has 2 atom stereocenters. The van der Waals surface area contributed by atoms with Gasteiger partial charge in [-0.3, -0.25) is 0 Å². The number of hydrogen-bond donors (Lipinski definition) is 0. The molecule has 1 heterocycles. The van der Waals surface area contributed by atoms with E-state index in [0.29, 0.717) is 19.0 Å². The smallest absolute Gasteiger partial charge is 0.448 e. The second kappa shape index (κ2) is 6.37. The molecule has 15 heavy (non-hydrogen) atoms. The molecule has 0 aromatic heterocycles. The van der Waals surface area contributed by atoms with Gasteiger partial charge in [0.2, 0.25) is 0 Å². The van der Waals surface area contributed by atoms with Gasteiger partial charge >= 0.3 is 58.4 Å². The van der Waals surface area contributed by atoms with Crippen molar-refractivity contribution in [3.05, 3.63) is 0 Å². The van der Waals surface area contributed by atoms with Gasteiger partial charge in [0.25, 0.3) is 0 Å². The average Bonchev–Trinajstić information content (AvgIpc) is 2.26. The van der Waals surface area contributed by atoms with Crippen LogP contribution in [0, 0.1) is 5.92 Å². The molecule has 1 aliphatic heterocycles. The van der Waals surface area contributed by atoms with Crippen molar-refractivity contribution in [3.63, 3.8) is 0 Å². The number of nitrogens with zero attached hydrogens (tertiary/aromatic N) is 2. The summed E-state index contributed by atoms with van der Waals surface area (Å²) in [7, 11) is 3.84. The van der Waals surface area contributed by atoms with Crippen LogP contribution < -0.4 is 51.4 Å². The quantitative estimate of drug-likeness (QED) is 0.547. The Morgan fingerprint density at radius 2 is 1.80 bits per heavy atom. The summed E-state index contributed by atoms with van der Waals surface area (Å²) in [4.78, 5) is 3.52. The largest absolute Gasteiger partial charge is 1.00 e. The van der Waals surface area contributed by atoms with Crippen LogP contribution in [-0.2, 0) is 0 Å². The van der Waals surface area contributed by atoms with Gasteiger partial charge in [0.05, 0.1) is 0 Å². The topological polar surface area (TPSA) is 6.48 Å². The molecule has 2 nitrogen and oxygen atoms in total. The Labute approximate surface area is 132 Å². The Morgan fingerprint density at radius 3 is 2.13 bits per heavy atom. The number of likely N-dealkylation sites (tertiary alicyclic amines) is 1. The second-order valence-electron chi connectivity index (χ2n) is 4.44. The van der Waals surface area contributed by atoms with E-state index in [-0.39, 0.29) is 57.4 Å². The fourth-order valence-corrected chi connectivity index (χ4v) is 2.16. The number of hydrogen-bond acceptors (Lipinski definition) is 2. The van der Waals surface area contributed by atoms with Crippen LogP contribution in [-0.4, -0.2) is 56.4 Å². The maximum absolute atomic E-state index is 12.2. The van der Waals surface area contributed by atoms with Gasteiger partial charge < -0.3 is 22.7 Å². The van der Waals surface area contributed by atoms with Crippen LogP contribution >= 0.6 is 0 Å². The van der Waals surface area contributed by atoms with E-state index < -0.39 is 13.4 Å². The zero-order valence-electron chi connectivity index (χ0n) is 9.88. The number of likely N-dealkylation sites (N-methyl/N-ethyl adjacent to an activating group) is 1. The molecule has 1 saturated heterocycles. The molecule has 0 aromatic carbocycles. The fourth-order valence-electron chi connectivity index (χ4n) is 2.16. The van der Waals surface area contributed by atoms with Crippen LogP contribution in [0.15, 0.2) is 0 Å². The SMILES string of the molecule is CC1CN(C[B-](F)(F)F)CC1N(C)C.[K+]. The zero-order chi connectivity index (χ0) is 10.9. The van der Waals surface area contributed by atoms with E-state index in [2.05, 4.69) is 0 Å². The average molecular weight is 248 g/mol. The molecule has 0 aliphatic carbocycles. The molecule has 0 saturated carbocycles. The van der Waals surface area contributed by atoms with Crippen LogP contribution in [0.1, 0.15) is 6.92 Å². The van der Waals surface area contributed by atoms with Crippen LogP contribution in [0.3, 0.4) is 0 Å².